The molecule has 4 rings (SSSR count). The van der Waals surface area contributed by atoms with Gasteiger partial charge in [-0.05, 0) is 55.5 Å². The molecule has 0 atom stereocenters. The standard InChI is InChI=1S/C25H31FN4O/c1-2-27-24(28-13-10-19-17-29-23-9-8-21(26)16-22(19)23)30-18-25(11-14-31-15-12-25)20-6-4-3-5-7-20/h3-9,16-17,29H,2,10-15,18H2,1H3,(H2,27,28,30). The van der Waals surface area contributed by atoms with E-state index in [0.717, 1.165) is 68.0 Å². The van der Waals surface area contributed by atoms with Crippen LogP contribution in [0.25, 0.3) is 10.9 Å². The molecule has 164 valence electrons. The summed E-state index contributed by atoms with van der Waals surface area (Å²) in [7, 11) is 0. The SMILES string of the molecule is CCNC(=NCC1(c2ccccc2)CCOCC1)NCCc1c[nH]c2ccc(F)cc12. The van der Waals surface area contributed by atoms with Crippen molar-refractivity contribution in [1.29, 1.82) is 0 Å². The predicted octanol–water partition coefficient (Wildman–Crippen LogP) is 4.15. The Kier molecular flexibility index (Phi) is 6.87. The Bertz CT molecular complexity index is 1010. The fraction of sp³-hybridized carbons (Fsp3) is 0.400. The highest BCUT2D eigenvalue weighted by Gasteiger charge is 2.34. The van der Waals surface area contributed by atoms with Crippen molar-refractivity contribution < 1.29 is 9.13 Å². The van der Waals surface area contributed by atoms with Crippen LogP contribution >= 0.6 is 0 Å². The molecule has 31 heavy (non-hydrogen) atoms. The summed E-state index contributed by atoms with van der Waals surface area (Å²) in [6.45, 7) is 5.84. The number of aromatic nitrogens is 1. The van der Waals surface area contributed by atoms with Gasteiger partial charge in [-0.1, -0.05) is 30.3 Å². The van der Waals surface area contributed by atoms with Gasteiger partial charge in [0.05, 0.1) is 6.54 Å². The topological polar surface area (TPSA) is 61.4 Å². The summed E-state index contributed by atoms with van der Waals surface area (Å²) < 4.78 is 19.3. The summed E-state index contributed by atoms with van der Waals surface area (Å²) in [5.74, 6) is 0.606. The first-order valence-electron chi connectivity index (χ1n) is 11.1. The number of nitrogens with one attached hydrogen (secondary N) is 3. The number of ether oxygens (including phenoxy) is 1. The maximum absolute atomic E-state index is 13.6. The Labute approximate surface area is 183 Å². The first kappa shape index (κ1) is 21.4. The molecule has 0 saturated carbocycles. The van der Waals surface area contributed by atoms with E-state index in [0.29, 0.717) is 6.54 Å². The Balaban J connectivity index is 1.44. The average molecular weight is 423 g/mol. The number of H-pyrrole nitrogens is 1. The third kappa shape index (κ3) is 5.07. The molecule has 0 spiro atoms. The van der Waals surface area contributed by atoms with Crippen molar-refractivity contribution in [1.82, 2.24) is 15.6 Å². The largest absolute Gasteiger partial charge is 0.381 e. The number of hydrogen-bond donors (Lipinski definition) is 3. The fourth-order valence-corrected chi connectivity index (χ4v) is 4.34. The summed E-state index contributed by atoms with van der Waals surface area (Å²) >= 11 is 0. The van der Waals surface area contributed by atoms with Gasteiger partial charge in [-0.25, -0.2) is 4.39 Å². The van der Waals surface area contributed by atoms with Crippen molar-refractivity contribution in [3.8, 4) is 0 Å². The van der Waals surface area contributed by atoms with Crippen LogP contribution in [0.2, 0.25) is 0 Å². The van der Waals surface area contributed by atoms with E-state index in [2.05, 4.69) is 52.9 Å². The number of hydrogen-bond acceptors (Lipinski definition) is 2. The van der Waals surface area contributed by atoms with E-state index in [-0.39, 0.29) is 11.2 Å². The zero-order chi connectivity index (χ0) is 21.5. The minimum atomic E-state index is -0.209. The molecular weight excluding hydrogens is 391 g/mol. The van der Waals surface area contributed by atoms with Crippen LogP contribution < -0.4 is 10.6 Å². The number of aliphatic imine (C=N–C) groups is 1. The van der Waals surface area contributed by atoms with Gasteiger partial charge < -0.3 is 20.4 Å². The summed E-state index contributed by atoms with van der Waals surface area (Å²) in [5.41, 5.74) is 3.40. The molecule has 1 saturated heterocycles. The zero-order valence-electron chi connectivity index (χ0n) is 18.1. The highest BCUT2D eigenvalue weighted by atomic mass is 19.1. The average Bonchev–Trinajstić information content (AvgIpc) is 3.20. The smallest absolute Gasteiger partial charge is 0.191 e. The van der Waals surface area contributed by atoms with Crippen molar-refractivity contribution in [2.24, 2.45) is 4.99 Å². The van der Waals surface area contributed by atoms with E-state index >= 15 is 0 Å². The molecule has 0 bridgehead atoms. The normalized spacial score (nSPS) is 16.4. The first-order chi connectivity index (χ1) is 15.2. The number of halogens is 1. The van der Waals surface area contributed by atoms with Gasteiger partial charge in [-0.15, -0.1) is 0 Å². The second kappa shape index (κ2) is 9.96. The number of guanidine groups is 1. The van der Waals surface area contributed by atoms with Gasteiger partial charge >= 0.3 is 0 Å². The molecule has 6 heteroatoms. The maximum Gasteiger partial charge on any atom is 0.191 e. The van der Waals surface area contributed by atoms with E-state index in [1.165, 1.54) is 11.6 Å². The fourth-order valence-electron chi connectivity index (χ4n) is 4.34. The number of benzene rings is 2. The number of nitrogens with zero attached hydrogens (tertiary/aromatic N) is 1. The van der Waals surface area contributed by atoms with Gasteiger partial charge in [0.1, 0.15) is 5.82 Å². The third-order valence-corrected chi connectivity index (χ3v) is 6.14. The van der Waals surface area contributed by atoms with Crippen LogP contribution in [-0.4, -0.2) is 43.8 Å². The molecule has 3 aromatic rings. The van der Waals surface area contributed by atoms with E-state index in [9.17, 15) is 4.39 Å². The molecule has 5 nitrogen and oxygen atoms in total. The summed E-state index contributed by atoms with van der Waals surface area (Å²) in [5, 5.41) is 7.74. The Morgan fingerprint density at radius 3 is 2.71 bits per heavy atom. The second-order valence-corrected chi connectivity index (χ2v) is 8.13. The Morgan fingerprint density at radius 1 is 1.13 bits per heavy atom. The lowest BCUT2D eigenvalue weighted by molar-refractivity contribution is 0.0531. The lowest BCUT2D eigenvalue weighted by atomic mass is 9.74. The predicted molar refractivity (Wildman–Crippen MR) is 124 cm³/mol. The van der Waals surface area contributed by atoms with Gasteiger partial charge in [0.25, 0.3) is 0 Å². The monoisotopic (exact) mass is 422 g/mol. The van der Waals surface area contributed by atoms with Crippen LogP contribution in [0, 0.1) is 5.82 Å². The molecular formula is C25H31FN4O. The van der Waals surface area contributed by atoms with E-state index in [1.54, 1.807) is 12.1 Å². The molecule has 0 aliphatic carbocycles. The van der Waals surface area contributed by atoms with Crippen LogP contribution in [0.5, 0.6) is 0 Å². The van der Waals surface area contributed by atoms with E-state index in [1.807, 2.05) is 6.20 Å². The Hall–Kier alpha value is -2.86. The molecule has 1 fully saturated rings. The van der Waals surface area contributed by atoms with E-state index in [4.69, 9.17) is 9.73 Å². The van der Waals surface area contributed by atoms with Gasteiger partial charge in [0.15, 0.2) is 5.96 Å². The molecule has 0 unspecified atom stereocenters. The molecule has 2 heterocycles. The number of rotatable bonds is 7. The maximum atomic E-state index is 13.6. The molecule has 2 aromatic carbocycles. The summed E-state index contributed by atoms with van der Waals surface area (Å²) in [6, 6.07) is 15.5. The Morgan fingerprint density at radius 2 is 1.94 bits per heavy atom. The van der Waals surface area contributed by atoms with Crippen molar-refractivity contribution in [2.75, 3.05) is 32.8 Å². The lowest BCUT2D eigenvalue weighted by Crippen LogP contribution is -2.41. The van der Waals surface area contributed by atoms with Crippen LogP contribution in [0.1, 0.15) is 30.9 Å². The van der Waals surface area contributed by atoms with Crippen molar-refractivity contribution in [2.45, 2.75) is 31.6 Å². The molecule has 1 aliphatic heterocycles. The summed E-state index contributed by atoms with van der Waals surface area (Å²) in [6.07, 6.45) is 4.69. The van der Waals surface area contributed by atoms with Crippen LogP contribution in [0.15, 0.2) is 59.7 Å². The van der Waals surface area contributed by atoms with Gasteiger partial charge in [-0.3, -0.25) is 4.99 Å². The second-order valence-electron chi connectivity index (χ2n) is 8.13. The number of fused-ring (bicyclic) bond motifs is 1. The molecule has 3 N–H and O–H groups in total. The third-order valence-electron chi connectivity index (χ3n) is 6.14. The van der Waals surface area contributed by atoms with Crippen molar-refractivity contribution in [3.05, 3.63) is 71.7 Å². The minimum absolute atomic E-state index is 0.0101. The number of aromatic amines is 1. The van der Waals surface area contributed by atoms with Crippen molar-refractivity contribution >= 4 is 16.9 Å². The molecule has 0 amide bonds. The molecule has 1 aliphatic rings. The van der Waals surface area contributed by atoms with Crippen LogP contribution in [-0.2, 0) is 16.6 Å². The molecule has 1 aromatic heterocycles. The van der Waals surface area contributed by atoms with Gasteiger partial charge in [0.2, 0.25) is 0 Å². The van der Waals surface area contributed by atoms with Gasteiger partial charge in [0, 0.05) is 48.8 Å². The van der Waals surface area contributed by atoms with E-state index < -0.39 is 0 Å². The zero-order valence-corrected chi connectivity index (χ0v) is 18.1. The lowest BCUT2D eigenvalue weighted by Gasteiger charge is -2.36. The highest BCUT2D eigenvalue weighted by molar-refractivity contribution is 5.83. The quantitative estimate of drug-likeness (QED) is 0.396. The first-order valence-corrected chi connectivity index (χ1v) is 11.1. The minimum Gasteiger partial charge on any atom is -0.381 e. The van der Waals surface area contributed by atoms with Crippen LogP contribution in [0.3, 0.4) is 0 Å². The van der Waals surface area contributed by atoms with Gasteiger partial charge in [-0.2, -0.15) is 0 Å². The van der Waals surface area contributed by atoms with Crippen molar-refractivity contribution in [3.63, 3.8) is 0 Å². The summed E-state index contributed by atoms with van der Waals surface area (Å²) in [4.78, 5) is 8.17. The molecule has 0 radical (unpaired) electrons. The highest BCUT2D eigenvalue weighted by Crippen LogP contribution is 2.35. The van der Waals surface area contributed by atoms with Crippen LogP contribution in [0.4, 0.5) is 4.39 Å².